The van der Waals surface area contributed by atoms with Gasteiger partial charge in [0.15, 0.2) is 0 Å². The van der Waals surface area contributed by atoms with Gasteiger partial charge in [-0.1, -0.05) is 6.07 Å². The number of nitrogen functional groups attached to an aromatic ring is 1. The number of hydrogen-bond acceptors (Lipinski definition) is 3. The number of anilines is 1. The van der Waals surface area contributed by atoms with E-state index in [2.05, 4.69) is 9.97 Å². The SMILES string of the molecule is Nc1cccc(Oc2ccnc(-c3ccc[nH]3)c2)c1. The maximum absolute atomic E-state index is 5.76. The van der Waals surface area contributed by atoms with Crippen molar-refractivity contribution >= 4 is 5.69 Å². The first-order valence-electron chi connectivity index (χ1n) is 5.94. The number of ether oxygens (including phenoxy) is 1. The van der Waals surface area contributed by atoms with E-state index < -0.39 is 0 Å². The third-order valence-electron chi connectivity index (χ3n) is 2.70. The first-order valence-corrected chi connectivity index (χ1v) is 5.94. The van der Waals surface area contributed by atoms with E-state index in [9.17, 15) is 0 Å². The molecule has 0 amide bonds. The van der Waals surface area contributed by atoms with Crippen LogP contribution >= 0.6 is 0 Å². The Morgan fingerprint density at radius 3 is 2.68 bits per heavy atom. The maximum atomic E-state index is 5.76. The van der Waals surface area contributed by atoms with Crippen LogP contribution in [0.3, 0.4) is 0 Å². The standard InChI is InChI=1S/C15H13N3O/c16-11-3-1-4-12(9-11)19-13-6-8-18-15(10-13)14-5-2-7-17-14/h1-10,17H,16H2. The molecule has 2 heterocycles. The first kappa shape index (κ1) is 11.3. The highest BCUT2D eigenvalue weighted by molar-refractivity contribution is 5.56. The molecule has 0 bridgehead atoms. The Hall–Kier alpha value is -2.75. The second kappa shape index (κ2) is 4.86. The molecule has 0 unspecified atom stereocenters. The van der Waals surface area contributed by atoms with Crippen molar-refractivity contribution in [1.82, 2.24) is 9.97 Å². The van der Waals surface area contributed by atoms with Crippen LogP contribution in [-0.2, 0) is 0 Å². The molecule has 2 aromatic heterocycles. The number of nitrogens with zero attached hydrogens (tertiary/aromatic N) is 1. The molecule has 0 aliphatic heterocycles. The zero-order valence-electron chi connectivity index (χ0n) is 10.2. The molecule has 0 aliphatic rings. The Kier molecular flexibility index (Phi) is 2.90. The summed E-state index contributed by atoms with van der Waals surface area (Å²) in [5, 5.41) is 0. The Morgan fingerprint density at radius 1 is 1.00 bits per heavy atom. The van der Waals surface area contributed by atoms with Gasteiger partial charge in [0.2, 0.25) is 0 Å². The summed E-state index contributed by atoms with van der Waals surface area (Å²) in [7, 11) is 0. The highest BCUT2D eigenvalue weighted by Gasteiger charge is 2.03. The number of hydrogen-bond donors (Lipinski definition) is 2. The lowest BCUT2D eigenvalue weighted by atomic mass is 10.2. The number of benzene rings is 1. The van der Waals surface area contributed by atoms with Crippen LogP contribution in [0, 0.1) is 0 Å². The number of H-pyrrole nitrogens is 1. The average Bonchev–Trinajstić information content (AvgIpc) is 2.93. The number of pyridine rings is 1. The second-order valence-electron chi connectivity index (χ2n) is 4.14. The Bertz CT molecular complexity index is 677. The lowest BCUT2D eigenvalue weighted by Crippen LogP contribution is -1.89. The Morgan fingerprint density at radius 2 is 1.89 bits per heavy atom. The van der Waals surface area contributed by atoms with Crippen molar-refractivity contribution in [3.63, 3.8) is 0 Å². The summed E-state index contributed by atoms with van der Waals surface area (Å²) in [6.07, 6.45) is 3.58. The van der Waals surface area contributed by atoms with E-state index in [1.165, 1.54) is 0 Å². The summed E-state index contributed by atoms with van der Waals surface area (Å²) in [6, 6.07) is 14.9. The molecular weight excluding hydrogens is 238 g/mol. The minimum Gasteiger partial charge on any atom is -0.457 e. The predicted molar refractivity (Wildman–Crippen MR) is 75.0 cm³/mol. The first-order chi connectivity index (χ1) is 9.31. The number of nitrogens with one attached hydrogen (secondary N) is 1. The molecule has 3 aromatic rings. The van der Waals surface area contributed by atoms with E-state index in [0.717, 1.165) is 17.1 Å². The molecule has 3 N–H and O–H groups in total. The monoisotopic (exact) mass is 251 g/mol. The maximum Gasteiger partial charge on any atom is 0.131 e. The number of aromatic nitrogens is 2. The van der Waals surface area contributed by atoms with Gasteiger partial charge in [0, 0.05) is 30.2 Å². The number of nitrogens with two attached hydrogens (primary N) is 1. The lowest BCUT2D eigenvalue weighted by molar-refractivity contribution is 0.482. The molecule has 4 nitrogen and oxygen atoms in total. The van der Waals surface area contributed by atoms with Gasteiger partial charge in [-0.3, -0.25) is 4.98 Å². The molecule has 0 atom stereocenters. The van der Waals surface area contributed by atoms with Gasteiger partial charge in [-0.05, 0) is 30.3 Å². The van der Waals surface area contributed by atoms with Crippen molar-refractivity contribution in [3.05, 3.63) is 60.9 Å². The minimum absolute atomic E-state index is 0.677. The molecule has 94 valence electrons. The van der Waals surface area contributed by atoms with Crippen LogP contribution < -0.4 is 10.5 Å². The molecule has 0 fully saturated rings. The van der Waals surface area contributed by atoms with Gasteiger partial charge in [0.25, 0.3) is 0 Å². The summed E-state index contributed by atoms with van der Waals surface area (Å²) < 4.78 is 5.76. The van der Waals surface area contributed by atoms with Gasteiger partial charge in [-0.2, -0.15) is 0 Å². The van der Waals surface area contributed by atoms with E-state index in [1.54, 1.807) is 12.3 Å². The second-order valence-corrected chi connectivity index (χ2v) is 4.14. The normalized spacial score (nSPS) is 10.3. The van der Waals surface area contributed by atoms with Crippen molar-refractivity contribution in [2.75, 3.05) is 5.73 Å². The topological polar surface area (TPSA) is 63.9 Å². The van der Waals surface area contributed by atoms with Gasteiger partial charge >= 0.3 is 0 Å². The fraction of sp³-hybridized carbons (Fsp3) is 0. The molecule has 3 rings (SSSR count). The minimum atomic E-state index is 0.677. The highest BCUT2D eigenvalue weighted by atomic mass is 16.5. The van der Waals surface area contributed by atoms with E-state index >= 15 is 0 Å². The molecule has 0 saturated heterocycles. The summed E-state index contributed by atoms with van der Waals surface area (Å²) in [4.78, 5) is 7.42. The van der Waals surface area contributed by atoms with Crippen molar-refractivity contribution in [1.29, 1.82) is 0 Å². The van der Waals surface area contributed by atoms with E-state index in [-0.39, 0.29) is 0 Å². The Labute approximate surface area is 110 Å². The molecule has 0 saturated carbocycles. The smallest absolute Gasteiger partial charge is 0.131 e. The summed E-state index contributed by atoms with van der Waals surface area (Å²) in [6.45, 7) is 0. The van der Waals surface area contributed by atoms with Gasteiger partial charge in [0.1, 0.15) is 11.5 Å². The predicted octanol–water partition coefficient (Wildman–Crippen LogP) is 3.45. The van der Waals surface area contributed by atoms with Crippen LogP contribution in [0.1, 0.15) is 0 Å². The van der Waals surface area contributed by atoms with E-state index in [4.69, 9.17) is 10.5 Å². The van der Waals surface area contributed by atoms with Crippen molar-refractivity contribution in [2.24, 2.45) is 0 Å². The fourth-order valence-corrected chi connectivity index (χ4v) is 1.83. The van der Waals surface area contributed by atoms with Crippen molar-refractivity contribution < 1.29 is 4.74 Å². The van der Waals surface area contributed by atoms with Crippen LogP contribution in [0.15, 0.2) is 60.9 Å². The number of aromatic amines is 1. The largest absolute Gasteiger partial charge is 0.457 e. The molecular formula is C15H13N3O. The van der Waals surface area contributed by atoms with Crippen molar-refractivity contribution in [3.8, 4) is 22.9 Å². The van der Waals surface area contributed by atoms with E-state index in [1.807, 2.05) is 48.7 Å². The molecule has 19 heavy (non-hydrogen) atoms. The number of rotatable bonds is 3. The van der Waals surface area contributed by atoms with Crippen LogP contribution in [0.25, 0.3) is 11.4 Å². The lowest BCUT2D eigenvalue weighted by Gasteiger charge is -2.07. The third-order valence-corrected chi connectivity index (χ3v) is 2.70. The van der Waals surface area contributed by atoms with Crippen molar-refractivity contribution in [2.45, 2.75) is 0 Å². The zero-order valence-corrected chi connectivity index (χ0v) is 10.2. The van der Waals surface area contributed by atoms with Gasteiger partial charge in [-0.15, -0.1) is 0 Å². The Balaban J connectivity index is 1.88. The van der Waals surface area contributed by atoms with Crippen LogP contribution in [0.2, 0.25) is 0 Å². The quantitative estimate of drug-likeness (QED) is 0.701. The van der Waals surface area contributed by atoms with Gasteiger partial charge < -0.3 is 15.5 Å². The summed E-state index contributed by atoms with van der Waals surface area (Å²) in [5.41, 5.74) is 8.19. The highest BCUT2D eigenvalue weighted by Crippen LogP contribution is 2.25. The van der Waals surface area contributed by atoms with Crippen LogP contribution in [0.5, 0.6) is 11.5 Å². The molecule has 0 radical (unpaired) electrons. The molecule has 0 aliphatic carbocycles. The zero-order chi connectivity index (χ0) is 13.1. The average molecular weight is 251 g/mol. The van der Waals surface area contributed by atoms with Gasteiger partial charge in [-0.25, -0.2) is 0 Å². The molecule has 4 heteroatoms. The fourth-order valence-electron chi connectivity index (χ4n) is 1.83. The van der Waals surface area contributed by atoms with Crippen LogP contribution in [0.4, 0.5) is 5.69 Å². The van der Waals surface area contributed by atoms with Gasteiger partial charge in [0.05, 0.1) is 11.4 Å². The van der Waals surface area contributed by atoms with Crippen LogP contribution in [-0.4, -0.2) is 9.97 Å². The van der Waals surface area contributed by atoms with E-state index in [0.29, 0.717) is 11.4 Å². The molecule has 1 aromatic carbocycles. The summed E-state index contributed by atoms with van der Waals surface area (Å²) in [5.74, 6) is 1.44. The molecule has 0 spiro atoms. The summed E-state index contributed by atoms with van der Waals surface area (Å²) >= 11 is 0. The third kappa shape index (κ3) is 2.57.